The average molecular weight is 293 g/mol. The summed E-state index contributed by atoms with van der Waals surface area (Å²) in [7, 11) is 3.95. The maximum atomic E-state index is 10.7. The molecule has 0 heterocycles. The molecule has 0 saturated carbocycles. The van der Waals surface area contributed by atoms with Gasteiger partial charge in [0.1, 0.15) is 0 Å². The molecule has 104 valence electrons. The molecule has 0 fully saturated rings. The number of carbonyl (C=O) groups is 1. The Bertz CT molecular complexity index is 628. The fraction of sp³-hybridized carbons (Fsp3) is 0.133. The topological polar surface area (TPSA) is 65.3 Å². The Hall–Kier alpha value is -1.69. The van der Waals surface area contributed by atoms with Gasteiger partial charge >= 0.3 is 35.5 Å². The van der Waals surface area contributed by atoms with E-state index in [0.717, 1.165) is 11.4 Å². The monoisotopic (exact) mass is 293 g/mol. The van der Waals surface area contributed by atoms with Crippen LogP contribution in [0.25, 0.3) is 0 Å². The van der Waals surface area contributed by atoms with Crippen LogP contribution in [0.1, 0.15) is 11.8 Å². The van der Waals surface area contributed by atoms with Crippen LogP contribution in [0, 0.1) is 0 Å². The largest absolute Gasteiger partial charge is 1.00 e. The average Bonchev–Trinajstić information content (AvgIpc) is 2.46. The van der Waals surface area contributed by atoms with Gasteiger partial charge in [0.05, 0.1) is 16.9 Å². The predicted octanol–water partition coefficient (Wildman–Crippen LogP) is 0.983. The van der Waals surface area contributed by atoms with Gasteiger partial charge in [-0.25, -0.2) is 4.79 Å². The first-order valence-electron chi connectivity index (χ1n) is 6.09. The molecular weight excluding hydrogens is 277 g/mol. The Balaban J connectivity index is 0.00000220. The maximum absolute atomic E-state index is 10.7. The van der Waals surface area contributed by atoms with Crippen molar-refractivity contribution in [2.75, 3.05) is 19.0 Å². The Morgan fingerprint density at radius 1 is 0.952 bits per heavy atom. The van der Waals surface area contributed by atoms with Crippen molar-refractivity contribution in [1.82, 2.24) is 0 Å². The second-order valence-electron chi connectivity index (χ2n) is 4.46. The van der Waals surface area contributed by atoms with E-state index in [4.69, 9.17) is 5.11 Å². The molecule has 0 amide bonds. The molecule has 2 rings (SSSR count). The first-order chi connectivity index (χ1) is 9.56. The van der Waals surface area contributed by atoms with E-state index in [0.29, 0.717) is 5.69 Å². The van der Waals surface area contributed by atoms with Crippen LogP contribution in [0.4, 0.5) is 17.1 Å². The van der Waals surface area contributed by atoms with Crippen molar-refractivity contribution >= 4 is 23.0 Å². The van der Waals surface area contributed by atoms with Gasteiger partial charge in [0, 0.05) is 19.8 Å². The second-order valence-corrected chi connectivity index (χ2v) is 4.46. The van der Waals surface area contributed by atoms with E-state index in [9.17, 15) is 4.79 Å². The summed E-state index contributed by atoms with van der Waals surface area (Å²) in [6.45, 7) is 0. The third kappa shape index (κ3) is 4.97. The van der Waals surface area contributed by atoms with Crippen LogP contribution in [-0.2, 0) is 0 Å². The molecule has 0 aliphatic carbocycles. The Morgan fingerprint density at radius 2 is 1.38 bits per heavy atom. The Kier molecular flexibility index (Phi) is 6.55. The number of hydrogen-bond acceptors (Lipinski definition) is 4. The molecule has 0 aromatic heterocycles. The number of anilines is 1. The van der Waals surface area contributed by atoms with E-state index in [-0.39, 0.29) is 36.5 Å². The van der Waals surface area contributed by atoms with Crippen LogP contribution in [0.15, 0.2) is 58.8 Å². The van der Waals surface area contributed by atoms with Crippen LogP contribution in [0.3, 0.4) is 0 Å². The van der Waals surface area contributed by atoms with Crippen LogP contribution in [0.2, 0.25) is 0 Å². The summed E-state index contributed by atoms with van der Waals surface area (Å²) in [5, 5.41) is 17.0. The molecule has 0 spiro atoms. The second kappa shape index (κ2) is 7.93. The van der Waals surface area contributed by atoms with Crippen molar-refractivity contribution in [2.24, 2.45) is 10.2 Å². The van der Waals surface area contributed by atoms with Crippen LogP contribution in [-0.4, -0.2) is 25.2 Å². The summed E-state index contributed by atoms with van der Waals surface area (Å²) in [6.07, 6.45) is 0. The molecule has 5 nitrogen and oxygen atoms in total. The van der Waals surface area contributed by atoms with E-state index in [1.165, 1.54) is 12.1 Å². The van der Waals surface area contributed by atoms with Crippen molar-refractivity contribution in [3.05, 3.63) is 54.1 Å². The van der Waals surface area contributed by atoms with Crippen molar-refractivity contribution < 1.29 is 40.9 Å². The fourth-order valence-electron chi connectivity index (χ4n) is 1.60. The quantitative estimate of drug-likeness (QED) is 0.675. The van der Waals surface area contributed by atoms with Gasteiger partial charge in [-0.1, -0.05) is 0 Å². The minimum Gasteiger partial charge on any atom is -1.00 e. The van der Waals surface area contributed by atoms with E-state index in [2.05, 4.69) is 10.2 Å². The van der Waals surface area contributed by atoms with Gasteiger partial charge in [-0.3, -0.25) is 0 Å². The summed E-state index contributed by atoms with van der Waals surface area (Å²) in [4.78, 5) is 12.7. The van der Waals surface area contributed by atoms with Crippen molar-refractivity contribution in [2.45, 2.75) is 0 Å². The fourth-order valence-corrected chi connectivity index (χ4v) is 1.60. The summed E-state index contributed by atoms with van der Waals surface area (Å²) in [5.74, 6) is -0.951. The molecular formula is C15H16N3NaO2. The predicted molar refractivity (Wildman–Crippen MR) is 79.5 cm³/mol. The molecule has 0 aliphatic rings. The van der Waals surface area contributed by atoms with Crippen molar-refractivity contribution in [3.63, 3.8) is 0 Å². The van der Waals surface area contributed by atoms with Crippen molar-refractivity contribution in [1.29, 1.82) is 0 Å². The van der Waals surface area contributed by atoms with Gasteiger partial charge < -0.3 is 11.4 Å². The first kappa shape index (κ1) is 17.4. The Labute approximate surface area is 147 Å². The number of azo groups is 1. The molecule has 0 aliphatic heterocycles. The molecule has 0 bridgehead atoms. The van der Waals surface area contributed by atoms with Gasteiger partial charge in [-0.2, -0.15) is 10.2 Å². The number of hydrogen-bond donors (Lipinski definition) is 1. The molecule has 0 unspecified atom stereocenters. The summed E-state index contributed by atoms with van der Waals surface area (Å²) in [5.41, 5.74) is 2.69. The maximum Gasteiger partial charge on any atom is 1.00 e. The van der Waals surface area contributed by atoms with Crippen LogP contribution >= 0.6 is 0 Å². The van der Waals surface area contributed by atoms with E-state index in [1.807, 2.05) is 43.3 Å². The van der Waals surface area contributed by atoms with Gasteiger partial charge in [-0.05, 0) is 48.5 Å². The number of aromatic carboxylic acids is 1. The third-order valence-corrected chi connectivity index (χ3v) is 2.76. The molecule has 0 radical (unpaired) electrons. The molecule has 21 heavy (non-hydrogen) atoms. The minimum atomic E-state index is -0.951. The van der Waals surface area contributed by atoms with Gasteiger partial charge in [0.15, 0.2) is 0 Å². The summed E-state index contributed by atoms with van der Waals surface area (Å²) < 4.78 is 0. The smallest absolute Gasteiger partial charge is 1.00 e. The van der Waals surface area contributed by atoms with Gasteiger partial charge in [0.25, 0.3) is 0 Å². The first-order valence-corrected chi connectivity index (χ1v) is 6.09. The normalized spacial score (nSPS) is 10.2. The standard InChI is InChI=1S/C15H15N3O2.Na.H/c1-18(2)14-9-7-13(8-10-14)17-16-12-5-3-11(4-6-12)15(19)20;;/h3-10H,1-2H3,(H,19,20);;/q;+1;-1. The molecule has 1 N–H and O–H groups in total. The van der Waals surface area contributed by atoms with Crippen LogP contribution in [0.5, 0.6) is 0 Å². The zero-order valence-corrected chi connectivity index (χ0v) is 14.3. The molecule has 2 aromatic carbocycles. The van der Waals surface area contributed by atoms with Gasteiger partial charge in [0.2, 0.25) is 0 Å². The zero-order valence-electron chi connectivity index (χ0n) is 13.3. The molecule has 0 saturated heterocycles. The molecule has 2 aromatic rings. The number of carboxylic acids is 1. The number of rotatable bonds is 4. The summed E-state index contributed by atoms with van der Waals surface area (Å²) >= 11 is 0. The SMILES string of the molecule is CN(C)c1ccc(N=Nc2ccc(C(=O)O)cc2)cc1.[H-].[Na+]. The van der Waals surface area contributed by atoms with Crippen molar-refractivity contribution in [3.8, 4) is 0 Å². The molecule has 6 heteroatoms. The number of carboxylic acid groups (broad SMARTS) is 1. The minimum absolute atomic E-state index is 0. The van der Waals surface area contributed by atoms with E-state index in [1.54, 1.807) is 12.1 Å². The Morgan fingerprint density at radius 3 is 1.76 bits per heavy atom. The zero-order chi connectivity index (χ0) is 14.5. The number of benzene rings is 2. The van der Waals surface area contributed by atoms with E-state index < -0.39 is 5.97 Å². The van der Waals surface area contributed by atoms with E-state index >= 15 is 0 Å². The van der Waals surface area contributed by atoms with Crippen LogP contribution < -0.4 is 34.5 Å². The summed E-state index contributed by atoms with van der Waals surface area (Å²) in [6, 6.07) is 13.9. The number of nitrogens with zero attached hydrogens (tertiary/aromatic N) is 3. The van der Waals surface area contributed by atoms with Gasteiger partial charge in [-0.15, -0.1) is 0 Å². The molecule has 0 atom stereocenters. The third-order valence-electron chi connectivity index (χ3n) is 2.76.